The molecule has 1 aliphatic heterocycles. The molecule has 1 saturated heterocycles. The summed E-state index contributed by atoms with van der Waals surface area (Å²) in [5, 5.41) is 0.859. The van der Waals surface area contributed by atoms with E-state index >= 15 is 0 Å². The van der Waals surface area contributed by atoms with Gasteiger partial charge in [-0.1, -0.05) is 23.2 Å². The first-order valence-electron chi connectivity index (χ1n) is 6.43. The fraction of sp³-hybridized carbons (Fsp3) is 0.267. The molecular weight excluding hydrogens is 297 g/mol. The minimum atomic E-state index is -0.0161. The predicted molar refractivity (Wildman–Crippen MR) is 78.4 cm³/mol. The van der Waals surface area contributed by atoms with Gasteiger partial charge in [-0.15, -0.1) is 0 Å². The summed E-state index contributed by atoms with van der Waals surface area (Å²) in [6, 6.07) is 8.80. The highest BCUT2D eigenvalue weighted by atomic mass is 35.5. The van der Waals surface area contributed by atoms with Crippen LogP contribution in [-0.4, -0.2) is 23.9 Å². The standard InChI is InChI=1S/C15H13Cl2NO2/c16-12-4-3-10(8-13(12)17)15(19)18-6-5-11(9-18)14-2-1-7-20-14/h1-4,7-8,11H,5-6,9H2. The van der Waals surface area contributed by atoms with Gasteiger partial charge in [0.15, 0.2) is 0 Å². The zero-order valence-electron chi connectivity index (χ0n) is 10.7. The van der Waals surface area contributed by atoms with Gasteiger partial charge >= 0.3 is 0 Å². The van der Waals surface area contributed by atoms with Crippen molar-refractivity contribution >= 4 is 29.1 Å². The van der Waals surface area contributed by atoms with Crippen LogP contribution >= 0.6 is 23.2 Å². The zero-order chi connectivity index (χ0) is 14.1. The molecule has 0 radical (unpaired) electrons. The lowest BCUT2D eigenvalue weighted by molar-refractivity contribution is 0.0790. The first-order chi connectivity index (χ1) is 9.65. The van der Waals surface area contributed by atoms with Crippen molar-refractivity contribution in [2.24, 2.45) is 0 Å². The van der Waals surface area contributed by atoms with Gasteiger partial charge in [-0.25, -0.2) is 0 Å². The fourth-order valence-corrected chi connectivity index (χ4v) is 2.81. The third kappa shape index (κ3) is 2.56. The van der Waals surface area contributed by atoms with Crippen molar-refractivity contribution in [1.29, 1.82) is 0 Å². The van der Waals surface area contributed by atoms with Gasteiger partial charge in [-0.2, -0.15) is 0 Å². The van der Waals surface area contributed by atoms with E-state index in [9.17, 15) is 4.79 Å². The van der Waals surface area contributed by atoms with Crippen molar-refractivity contribution in [3.8, 4) is 0 Å². The van der Waals surface area contributed by atoms with Crippen molar-refractivity contribution < 1.29 is 9.21 Å². The topological polar surface area (TPSA) is 33.5 Å². The summed E-state index contributed by atoms with van der Waals surface area (Å²) in [7, 11) is 0. The summed E-state index contributed by atoms with van der Waals surface area (Å²) in [6.07, 6.45) is 2.58. The second kappa shape index (κ2) is 5.51. The predicted octanol–water partition coefficient (Wildman–Crippen LogP) is 4.22. The molecular formula is C15H13Cl2NO2. The Hall–Kier alpha value is -1.45. The van der Waals surface area contributed by atoms with E-state index in [0.29, 0.717) is 22.2 Å². The van der Waals surface area contributed by atoms with Crippen LogP contribution in [0.25, 0.3) is 0 Å². The molecule has 0 N–H and O–H groups in total. The number of likely N-dealkylation sites (tertiary alicyclic amines) is 1. The van der Waals surface area contributed by atoms with Gasteiger partial charge in [0.1, 0.15) is 5.76 Å². The molecule has 3 rings (SSSR count). The summed E-state index contributed by atoms with van der Waals surface area (Å²) in [6.45, 7) is 1.40. The third-order valence-electron chi connectivity index (χ3n) is 3.59. The van der Waals surface area contributed by atoms with Crippen LogP contribution in [-0.2, 0) is 0 Å². The van der Waals surface area contributed by atoms with Crippen LogP contribution < -0.4 is 0 Å². The molecule has 0 aliphatic carbocycles. The highest BCUT2D eigenvalue weighted by Crippen LogP contribution is 2.29. The Bertz CT molecular complexity index is 625. The molecule has 1 unspecified atom stereocenters. The molecule has 1 fully saturated rings. The molecule has 0 saturated carbocycles. The van der Waals surface area contributed by atoms with Crippen LogP contribution in [0.15, 0.2) is 41.0 Å². The van der Waals surface area contributed by atoms with Crippen molar-refractivity contribution in [3.05, 3.63) is 58.0 Å². The summed E-state index contributed by atoms with van der Waals surface area (Å²) in [4.78, 5) is 14.2. The monoisotopic (exact) mass is 309 g/mol. The molecule has 1 amide bonds. The number of furan rings is 1. The molecule has 5 heteroatoms. The Morgan fingerprint density at radius 1 is 1.25 bits per heavy atom. The molecule has 1 atom stereocenters. The van der Waals surface area contributed by atoms with Crippen LogP contribution in [0.4, 0.5) is 0 Å². The Labute approximate surface area is 127 Å². The smallest absolute Gasteiger partial charge is 0.253 e. The molecule has 104 valence electrons. The first kappa shape index (κ1) is 13.5. The number of amides is 1. The summed E-state index contributed by atoms with van der Waals surface area (Å²) in [5.41, 5.74) is 0.569. The molecule has 2 heterocycles. The van der Waals surface area contributed by atoms with Crippen molar-refractivity contribution in [2.75, 3.05) is 13.1 Å². The van der Waals surface area contributed by atoms with E-state index < -0.39 is 0 Å². The van der Waals surface area contributed by atoms with E-state index in [4.69, 9.17) is 27.6 Å². The van der Waals surface area contributed by atoms with E-state index in [1.54, 1.807) is 24.5 Å². The Balaban J connectivity index is 1.74. The molecule has 1 aromatic heterocycles. The van der Waals surface area contributed by atoms with Crippen LogP contribution in [0, 0.1) is 0 Å². The summed E-state index contributed by atoms with van der Waals surface area (Å²) < 4.78 is 5.41. The van der Waals surface area contributed by atoms with Crippen molar-refractivity contribution in [1.82, 2.24) is 4.90 Å². The Morgan fingerprint density at radius 2 is 2.10 bits per heavy atom. The molecule has 20 heavy (non-hydrogen) atoms. The van der Waals surface area contributed by atoms with Gasteiger partial charge in [0, 0.05) is 24.6 Å². The number of hydrogen-bond acceptors (Lipinski definition) is 2. The van der Waals surface area contributed by atoms with Gasteiger partial charge in [-0.05, 0) is 36.8 Å². The van der Waals surface area contributed by atoms with Gasteiger partial charge in [0.05, 0.1) is 16.3 Å². The number of halogens is 2. The largest absolute Gasteiger partial charge is 0.469 e. The zero-order valence-corrected chi connectivity index (χ0v) is 12.2. The van der Waals surface area contributed by atoms with E-state index in [2.05, 4.69) is 0 Å². The van der Waals surface area contributed by atoms with Crippen LogP contribution in [0.1, 0.15) is 28.5 Å². The van der Waals surface area contributed by atoms with Crippen molar-refractivity contribution in [2.45, 2.75) is 12.3 Å². The van der Waals surface area contributed by atoms with E-state index in [1.165, 1.54) is 0 Å². The lowest BCUT2D eigenvalue weighted by Gasteiger charge is -2.16. The van der Waals surface area contributed by atoms with Gasteiger partial charge in [-0.3, -0.25) is 4.79 Å². The highest BCUT2D eigenvalue weighted by molar-refractivity contribution is 6.42. The van der Waals surface area contributed by atoms with Crippen LogP contribution in [0.2, 0.25) is 10.0 Å². The molecule has 2 aromatic rings. The number of carbonyl (C=O) groups is 1. The van der Waals surface area contributed by atoms with Crippen LogP contribution in [0.3, 0.4) is 0 Å². The molecule has 0 bridgehead atoms. The van der Waals surface area contributed by atoms with Gasteiger partial charge in [0.25, 0.3) is 5.91 Å². The maximum Gasteiger partial charge on any atom is 0.253 e. The molecule has 3 nitrogen and oxygen atoms in total. The second-order valence-electron chi connectivity index (χ2n) is 4.88. The number of benzene rings is 1. The minimum Gasteiger partial charge on any atom is -0.469 e. The molecule has 0 spiro atoms. The first-order valence-corrected chi connectivity index (χ1v) is 7.18. The number of rotatable bonds is 2. The normalized spacial score (nSPS) is 18.5. The lowest BCUT2D eigenvalue weighted by atomic mass is 10.1. The minimum absolute atomic E-state index is 0.0161. The Morgan fingerprint density at radius 3 is 2.80 bits per heavy atom. The Kier molecular flexibility index (Phi) is 3.72. The third-order valence-corrected chi connectivity index (χ3v) is 4.33. The average molecular weight is 310 g/mol. The summed E-state index contributed by atoms with van der Waals surface area (Å²) in [5.74, 6) is 1.20. The van der Waals surface area contributed by atoms with E-state index in [1.807, 2.05) is 17.0 Å². The van der Waals surface area contributed by atoms with Gasteiger partial charge < -0.3 is 9.32 Å². The quantitative estimate of drug-likeness (QED) is 0.832. The molecule has 1 aliphatic rings. The summed E-state index contributed by atoms with van der Waals surface area (Å²) >= 11 is 11.8. The number of carbonyl (C=O) groups excluding carboxylic acids is 1. The number of nitrogens with zero attached hydrogens (tertiary/aromatic N) is 1. The fourth-order valence-electron chi connectivity index (χ4n) is 2.51. The van der Waals surface area contributed by atoms with Gasteiger partial charge in [0.2, 0.25) is 0 Å². The van der Waals surface area contributed by atoms with Crippen molar-refractivity contribution in [3.63, 3.8) is 0 Å². The lowest BCUT2D eigenvalue weighted by Crippen LogP contribution is -2.28. The second-order valence-corrected chi connectivity index (χ2v) is 5.70. The van der Waals surface area contributed by atoms with E-state index in [0.717, 1.165) is 18.7 Å². The van der Waals surface area contributed by atoms with E-state index in [-0.39, 0.29) is 11.8 Å². The maximum atomic E-state index is 12.4. The molecule has 1 aromatic carbocycles. The maximum absolute atomic E-state index is 12.4. The van der Waals surface area contributed by atoms with Crippen LogP contribution in [0.5, 0.6) is 0 Å². The SMILES string of the molecule is O=C(c1ccc(Cl)c(Cl)c1)N1CCC(c2ccco2)C1. The number of hydrogen-bond donors (Lipinski definition) is 0. The average Bonchev–Trinajstić information content (AvgIpc) is 3.11. The highest BCUT2D eigenvalue weighted by Gasteiger charge is 2.29.